The van der Waals surface area contributed by atoms with Crippen LogP contribution in [-0.2, 0) is 28.6 Å². The first kappa shape index (κ1) is 59.9. The number of esters is 3. The van der Waals surface area contributed by atoms with Crippen molar-refractivity contribution in [3.63, 3.8) is 0 Å². The van der Waals surface area contributed by atoms with Crippen LogP contribution < -0.4 is 0 Å². The Labute approximate surface area is 389 Å². The van der Waals surface area contributed by atoms with Crippen LogP contribution >= 0.6 is 0 Å². The summed E-state index contributed by atoms with van der Waals surface area (Å²) in [6.45, 7) is 6.44. The number of hydrogen-bond donors (Lipinski definition) is 0. The normalized spacial score (nSPS) is 12.6. The largest absolute Gasteiger partial charge is 0.462 e. The summed E-state index contributed by atoms with van der Waals surface area (Å²) in [4.78, 5) is 38.0. The van der Waals surface area contributed by atoms with Crippen LogP contribution in [0.15, 0.2) is 72.9 Å². The highest BCUT2D eigenvalue weighted by Gasteiger charge is 2.19. The second kappa shape index (κ2) is 51.5. The molecular formula is C57H98O6. The highest BCUT2D eigenvalue weighted by atomic mass is 16.6. The third-order valence-corrected chi connectivity index (χ3v) is 11.2. The maximum Gasteiger partial charge on any atom is 0.306 e. The molecule has 0 fully saturated rings. The zero-order valence-corrected chi connectivity index (χ0v) is 41.3. The summed E-state index contributed by atoms with van der Waals surface area (Å²) in [5, 5.41) is 0. The molecule has 0 saturated heterocycles. The first-order valence-electron chi connectivity index (χ1n) is 26.5. The lowest BCUT2D eigenvalue weighted by molar-refractivity contribution is -0.167. The van der Waals surface area contributed by atoms with Gasteiger partial charge in [0.15, 0.2) is 6.10 Å². The lowest BCUT2D eigenvalue weighted by Crippen LogP contribution is -2.30. The Hall–Kier alpha value is -3.15. The molecule has 0 bridgehead atoms. The van der Waals surface area contributed by atoms with Gasteiger partial charge in [-0.25, -0.2) is 0 Å². The van der Waals surface area contributed by atoms with Crippen LogP contribution in [0, 0.1) is 0 Å². The first-order valence-corrected chi connectivity index (χ1v) is 26.5. The summed E-state index contributed by atoms with van der Waals surface area (Å²) >= 11 is 0. The first-order chi connectivity index (χ1) is 31.0. The van der Waals surface area contributed by atoms with E-state index in [4.69, 9.17) is 14.2 Å². The average molecular weight is 879 g/mol. The molecule has 362 valence electrons. The highest BCUT2D eigenvalue weighted by Crippen LogP contribution is 2.14. The maximum absolute atomic E-state index is 12.8. The highest BCUT2D eigenvalue weighted by molar-refractivity contribution is 5.71. The Morgan fingerprint density at radius 3 is 1.16 bits per heavy atom. The lowest BCUT2D eigenvalue weighted by Gasteiger charge is -2.18. The number of carbonyl (C=O) groups excluding carboxylic acids is 3. The molecule has 0 N–H and O–H groups in total. The molecule has 0 aliphatic rings. The van der Waals surface area contributed by atoms with Gasteiger partial charge in [0, 0.05) is 19.3 Å². The van der Waals surface area contributed by atoms with Crippen molar-refractivity contribution < 1.29 is 28.6 Å². The van der Waals surface area contributed by atoms with Crippen molar-refractivity contribution in [1.29, 1.82) is 0 Å². The molecule has 0 heterocycles. The van der Waals surface area contributed by atoms with Gasteiger partial charge < -0.3 is 14.2 Å². The van der Waals surface area contributed by atoms with Gasteiger partial charge in [-0.2, -0.15) is 0 Å². The van der Waals surface area contributed by atoms with Gasteiger partial charge in [-0.05, 0) is 103 Å². The lowest BCUT2D eigenvalue weighted by atomic mass is 10.1. The molecule has 0 amide bonds. The van der Waals surface area contributed by atoms with E-state index in [1.165, 1.54) is 122 Å². The molecule has 0 aromatic rings. The SMILES string of the molecule is CC/C=C\C/C=C\C/C=C\CCCCC(=O)OCC(COC(=O)CCCCCCCCCCCC/C=C\C=C/CCCCC)OC(=O)CCCCC/C=C\CCCCCCCCC. The van der Waals surface area contributed by atoms with E-state index in [2.05, 4.69) is 93.7 Å². The zero-order valence-electron chi connectivity index (χ0n) is 41.3. The van der Waals surface area contributed by atoms with Crippen LogP contribution in [0.3, 0.4) is 0 Å². The van der Waals surface area contributed by atoms with Gasteiger partial charge in [-0.15, -0.1) is 0 Å². The van der Waals surface area contributed by atoms with Crippen LogP contribution in [0.1, 0.15) is 252 Å². The Balaban J connectivity index is 4.40. The van der Waals surface area contributed by atoms with E-state index in [0.717, 1.165) is 89.9 Å². The predicted molar refractivity (Wildman–Crippen MR) is 270 cm³/mol. The van der Waals surface area contributed by atoms with Gasteiger partial charge in [-0.3, -0.25) is 14.4 Å². The van der Waals surface area contributed by atoms with Crippen molar-refractivity contribution in [2.75, 3.05) is 13.2 Å². The predicted octanol–water partition coefficient (Wildman–Crippen LogP) is 17.4. The molecule has 0 spiro atoms. The molecule has 0 radical (unpaired) electrons. The Bertz CT molecular complexity index is 1190. The molecule has 0 aromatic carbocycles. The smallest absolute Gasteiger partial charge is 0.306 e. The molecule has 0 aliphatic carbocycles. The molecule has 0 saturated carbocycles. The van der Waals surface area contributed by atoms with E-state index in [1.54, 1.807) is 0 Å². The van der Waals surface area contributed by atoms with E-state index in [9.17, 15) is 14.4 Å². The summed E-state index contributed by atoms with van der Waals surface area (Å²) < 4.78 is 16.8. The zero-order chi connectivity index (χ0) is 45.8. The van der Waals surface area contributed by atoms with Crippen LogP contribution in [0.2, 0.25) is 0 Å². The summed E-state index contributed by atoms with van der Waals surface area (Å²) in [7, 11) is 0. The van der Waals surface area contributed by atoms with Gasteiger partial charge >= 0.3 is 17.9 Å². The summed E-state index contributed by atoms with van der Waals surface area (Å²) in [5.41, 5.74) is 0. The third kappa shape index (κ3) is 49.7. The number of rotatable bonds is 47. The molecule has 6 nitrogen and oxygen atoms in total. The molecule has 6 heteroatoms. The monoisotopic (exact) mass is 879 g/mol. The van der Waals surface area contributed by atoms with Crippen molar-refractivity contribution >= 4 is 17.9 Å². The van der Waals surface area contributed by atoms with Crippen molar-refractivity contribution in [2.45, 2.75) is 258 Å². The Kier molecular flexibility index (Phi) is 48.9. The van der Waals surface area contributed by atoms with Gasteiger partial charge in [0.05, 0.1) is 0 Å². The summed E-state index contributed by atoms with van der Waals surface area (Å²) in [5.74, 6) is -0.954. The molecule has 0 aliphatic heterocycles. The van der Waals surface area contributed by atoms with Crippen LogP contribution in [0.25, 0.3) is 0 Å². The van der Waals surface area contributed by atoms with Gasteiger partial charge in [0.1, 0.15) is 13.2 Å². The number of ether oxygens (including phenoxy) is 3. The second-order valence-electron chi connectivity index (χ2n) is 17.4. The molecule has 1 atom stereocenters. The average Bonchev–Trinajstić information content (AvgIpc) is 3.28. The molecule has 0 rings (SSSR count). The fraction of sp³-hybridized carbons (Fsp3) is 0.737. The van der Waals surface area contributed by atoms with Crippen molar-refractivity contribution in [3.8, 4) is 0 Å². The van der Waals surface area contributed by atoms with Crippen LogP contribution in [-0.4, -0.2) is 37.2 Å². The molecule has 1 unspecified atom stereocenters. The van der Waals surface area contributed by atoms with E-state index in [1.807, 2.05) is 0 Å². The minimum absolute atomic E-state index is 0.0953. The summed E-state index contributed by atoms with van der Waals surface area (Å²) in [6.07, 6.45) is 64.6. The second-order valence-corrected chi connectivity index (χ2v) is 17.4. The van der Waals surface area contributed by atoms with Gasteiger partial charge in [0.2, 0.25) is 0 Å². The summed E-state index contributed by atoms with van der Waals surface area (Å²) in [6, 6.07) is 0. The standard InChI is InChI=1S/C57H98O6/c1-4-7-10-13-16-19-22-25-27-28-29-30-31-33-35-38-41-44-47-50-56(59)62-53-54(52-61-55(58)49-46-43-40-37-34-24-21-18-15-12-9-6-3)63-57(60)51-48-45-42-39-36-32-26-23-20-17-14-11-8-5-2/h9,12,16,18-19,21-22,25,32,34,36-37,54H,4-8,10-11,13-15,17,20,23-24,26-31,33,35,38-53H2,1-3H3/b12-9-,19-16-,21-18-,25-22-,36-32-,37-34-. The van der Waals surface area contributed by atoms with Crippen LogP contribution in [0.5, 0.6) is 0 Å². The van der Waals surface area contributed by atoms with E-state index < -0.39 is 6.10 Å². The minimum Gasteiger partial charge on any atom is -0.462 e. The van der Waals surface area contributed by atoms with E-state index in [-0.39, 0.29) is 31.1 Å². The maximum atomic E-state index is 12.8. The van der Waals surface area contributed by atoms with Crippen molar-refractivity contribution in [2.24, 2.45) is 0 Å². The third-order valence-electron chi connectivity index (χ3n) is 11.2. The number of carbonyl (C=O) groups is 3. The molecule has 0 aromatic heterocycles. The number of allylic oxidation sites excluding steroid dienone is 12. The number of hydrogen-bond acceptors (Lipinski definition) is 6. The van der Waals surface area contributed by atoms with Gasteiger partial charge in [-0.1, -0.05) is 203 Å². The minimum atomic E-state index is -0.799. The van der Waals surface area contributed by atoms with Crippen molar-refractivity contribution in [1.82, 2.24) is 0 Å². The topological polar surface area (TPSA) is 78.9 Å². The quantitative estimate of drug-likeness (QED) is 0.0199. The van der Waals surface area contributed by atoms with Gasteiger partial charge in [0.25, 0.3) is 0 Å². The Morgan fingerprint density at radius 1 is 0.349 bits per heavy atom. The number of unbranched alkanes of at least 4 members (excludes halogenated alkanes) is 25. The fourth-order valence-corrected chi connectivity index (χ4v) is 7.21. The van der Waals surface area contributed by atoms with E-state index in [0.29, 0.717) is 19.3 Å². The molecular weight excluding hydrogens is 781 g/mol. The fourth-order valence-electron chi connectivity index (χ4n) is 7.21. The van der Waals surface area contributed by atoms with Crippen molar-refractivity contribution in [3.05, 3.63) is 72.9 Å². The molecule has 63 heavy (non-hydrogen) atoms. The van der Waals surface area contributed by atoms with Crippen LogP contribution in [0.4, 0.5) is 0 Å². The Morgan fingerprint density at radius 2 is 0.667 bits per heavy atom. The van der Waals surface area contributed by atoms with E-state index >= 15 is 0 Å².